The van der Waals surface area contributed by atoms with Crippen molar-refractivity contribution in [3.8, 4) is 0 Å². The van der Waals surface area contributed by atoms with Crippen LogP contribution in [-0.2, 0) is 6.18 Å². The molecule has 1 fully saturated rings. The molecule has 6 nitrogen and oxygen atoms in total. The van der Waals surface area contributed by atoms with E-state index in [4.69, 9.17) is 0 Å². The van der Waals surface area contributed by atoms with Crippen molar-refractivity contribution < 1.29 is 17.6 Å². The van der Waals surface area contributed by atoms with Gasteiger partial charge in [0.15, 0.2) is 0 Å². The van der Waals surface area contributed by atoms with E-state index in [1.54, 1.807) is 13.0 Å². The van der Waals surface area contributed by atoms with Crippen LogP contribution in [0.4, 0.5) is 23.4 Å². The standard InChI is InChI=1S/C14H18F4N6/c1-10-9-11(23-7-5-22(6-8-23)4-2-3-15)24-13(19-10)20-12(21-24)14(16,17)18/h9H,2-8H2,1H3. The Hall–Kier alpha value is -1.97. The molecule has 0 radical (unpaired) electrons. The number of nitrogens with zero attached hydrogens (tertiary/aromatic N) is 6. The van der Waals surface area contributed by atoms with Crippen LogP contribution in [-0.4, -0.2) is 63.9 Å². The van der Waals surface area contributed by atoms with Gasteiger partial charge in [0, 0.05) is 44.5 Å². The van der Waals surface area contributed by atoms with E-state index in [2.05, 4.69) is 20.0 Å². The molecule has 0 N–H and O–H groups in total. The summed E-state index contributed by atoms with van der Waals surface area (Å²) >= 11 is 0. The van der Waals surface area contributed by atoms with Gasteiger partial charge in [-0.25, -0.2) is 4.98 Å². The molecule has 0 aromatic carbocycles. The molecule has 2 aromatic rings. The van der Waals surface area contributed by atoms with Crippen LogP contribution >= 0.6 is 0 Å². The first-order chi connectivity index (χ1) is 11.4. The van der Waals surface area contributed by atoms with Crippen molar-refractivity contribution in [1.82, 2.24) is 24.5 Å². The van der Waals surface area contributed by atoms with Gasteiger partial charge in [0.05, 0.1) is 6.67 Å². The summed E-state index contributed by atoms with van der Waals surface area (Å²) in [6, 6.07) is 1.71. The van der Waals surface area contributed by atoms with E-state index in [0.717, 1.165) is 17.6 Å². The number of aromatic nitrogens is 4. The van der Waals surface area contributed by atoms with E-state index >= 15 is 0 Å². The maximum absolute atomic E-state index is 12.9. The number of fused-ring (bicyclic) bond motifs is 1. The van der Waals surface area contributed by atoms with Gasteiger partial charge in [-0.05, 0) is 13.3 Å². The molecule has 10 heteroatoms. The van der Waals surface area contributed by atoms with Gasteiger partial charge in [-0.15, -0.1) is 5.10 Å². The number of anilines is 1. The highest BCUT2D eigenvalue weighted by Crippen LogP contribution is 2.28. The van der Waals surface area contributed by atoms with Crippen molar-refractivity contribution in [1.29, 1.82) is 0 Å². The molecule has 2 aromatic heterocycles. The number of rotatable bonds is 4. The second-order valence-electron chi connectivity index (χ2n) is 5.77. The Morgan fingerprint density at radius 1 is 1.12 bits per heavy atom. The predicted octanol–water partition coefficient (Wildman–Crippen LogP) is 1.93. The van der Waals surface area contributed by atoms with Crippen LogP contribution in [0.25, 0.3) is 5.78 Å². The van der Waals surface area contributed by atoms with E-state index in [9.17, 15) is 17.6 Å². The first-order valence-corrected chi connectivity index (χ1v) is 7.73. The molecule has 3 rings (SSSR count). The molecule has 1 aliphatic heterocycles. The van der Waals surface area contributed by atoms with Gasteiger partial charge >= 0.3 is 6.18 Å². The smallest absolute Gasteiger partial charge is 0.354 e. The van der Waals surface area contributed by atoms with E-state index in [1.807, 2.05) is 4.90 Å². The average Bonchev–Trinajstić information content (AvgIpc) is 2.96. The van der Waals surface area contributed by atoms with Crippen molar-refractivity contribution in [2.24, 2.45) is 0 Å². The van der Waals surface area contributed by atoms with Crippen molar-refractivity contribution in [3.63, 3.8) is 0 Å². The Morgan fingerprint density at radius 3 is 2.46 bits per heavy atom. The molecule has 1 saturated heterocycles. The first kappa shape index (κ1) is 16.9. The van der Waals surface area contributed by atoms with E-state index in [1.165, 1.54) is 0 Å². The second-order valence-corrected chi connectivity index (χ2v) is 5.77. The fraction of sp³-hybridized carbons (Fsp3) is 0.643. The van der Waals surface area contributed by atoms with Gasteiger partial charge in [-0.3, -0.25) is 9.29 Å². The topological polar surface area (TPSA) is 49.6 Å². The van der Waals surface area contributed by atoms with Crippen LogP contribution < -0.4 is 4.90 Å². The summed E-state index contributed by atoms with van der Waals surface area (Å²) in [7, 11) is 0. The van der Waals surface area contributed by atoms with Crippen molar-refractivity contribution in [3.05, 3.63) is 17.6 Å². The van der Waals surface area contributed by atoms with Gasteiger partial charge in [-0.2, -0.15) is 22.7 Å². The predicted molar refractivity (Wildman–Crippen MR) is 79.8 cm³/mol. The molecular weight excluding hydrogens is 328 g/mol. The lowest BCUT2D eigenvalue weighted by molar-refractivity contribution is -0.144. The summed E-state index contributed by atoms with van der Waals surface area (Å²) < 4.78 is 52.0. The quantitative estimate of drug-likeness (QED) is 0.792. The van der Waals surface area contributed by atoms with Crippen LogP contribution in [0.2, 0.25) is 0 Å². The van der Waals surface area contributed by atoms with Crippen LogP contribution in [0.15, 0.2) is 6.07 Å². The molecule has 0 amide bonds. The molecule has 0 unspecified atom stereocenters. The normalized spacial score (nSPS) is 17.0. The number of halogens is 4. The number of alkyl halides is 4. The number of piperazine rings is 1. The average molecular weight is 346 g/mol. The third-order valence-corrected chi connectivity index (χ3v) is 3.98. The highest BCUT2D eigenvalue weighted by molar-refractivity contribution is 5.48. The van der Waals surface area contributed by atoms with E-state index in [0.29, 0.717) is 37.6 Å². The lowest BCUT2D eigenvalue weighted by atomic mass is 10.3. The Labute approximate surface area is 136 Å². The summed E-state index contributed by atoms with van der Waals surface area (Å²) in [4.78, 5) is 11.6. The zero-order valence-electron chi connectivity index (χ0n) is 13.2. The molecule has 0 saturated carbocycles. The van der Waals surface area contributed by atoms with Crippen LogP contribution in [0.3, 0.4) is 0 Å². The fourth-order valence-electron chi connectivity index (χ4n) is 2.80. The lowest BCUT2D eigenvalue weighted by Crippen LogP contribution is -2.47. The lowest BCUT2D eigenvalue weighted by Gasteiger charge is -2.35. The van der Waals surface area contributed by atoms with Gasteiger partial charge in [0.1, 0.15) is 5.82 Å². The summed E-state index contributed by atoms with van der Waals surface area (Å²) in [5, 5.41) is 3.58. The fourth-order valence-corrected chi connectivity index (χ4v) is 2.80. The minimum Gasteiger partial charge on any atom is -0.354 e. The summed E-state index contributed by atoms with van der Waals surface area (Å²) in [5.74, 6) is -0.703. The second kappa shape index (κ2) is 6.50. The Balaban J connectivity index is 1.85. The molecule has 0 atom stereocenters. The highest BCUT2D eigenvalue weighted by Gasteiger charge is 2.37. The zero-order chi connectivity index (χ0) is 17.3. The van der Waals surface area contributed by atoms with Gasteiger partial charge < -0.3 is 4.90 Å². The maximum Gasteiger partial charge on any atom is 0.453 e. The first-order valence-electron chi connectivity index (χ1n) is 7.73. The molecule has 132 valence electrons. The zero-order valence-corrected chi connectivity index (χ0v) is 13.2. The molecule has 0 bridgehead atoms. The van der Waals surface area contributed by atoms with Gasteiger partial charge in [0.2, 0.25) is 0 Å². The number of aryl methyl sites for hydroxylation is 1. The maximum atomic E-state index is 12.9. The van der Waals surface area contributed by atoms with Crippen molar-refractivity contribution >= 4 is 11.6 Å². The molecule has 0 spiro atoms. The summed E-state index contributed by atoms with van der Waals surface area (Å²) in [5.41, 5.74) is 0.582. The molecule has 0 aliphatic carbocycles. The van der Waals surface area contributed by atoms with E-state index in [-0.39, 0.29) is 12.5 Å². The summed E-state index contributed by atoms with van der Waals surface area (Å²) in [6.45, 7) is 4.77. The Bertz CT molecular complexity index is 705. The molecule has 3 heterocycles. The monoisotopic (exact) mass is 346 g/mol. The van der Waals surface area contributed by atoms with Gasteiger partial charge in [-0.1, -0.05) is 0 Å². The number of hydrogen-bond donors (Lipinski definition) is 0. The molecule has 1 aliphatic rings. The molecule has 24 heavy (non-hydrogen) atoms. The number of hydrogen-bond acceptors (Lipinski definition) is 5. The Kier molecular flexibility index (Phi) is 4.57. The van der Waals surface area contributed by atoms with E-state index < -0.39 is 12.0 Å². The van der Waals surface area contributed by atoms with Crippen LogP contribution in [0.5, 0.6) is 0 Å². The minimum absolute atomic E-state index is 0.0582. The minimum atomic E-state index is -4.61. The van der Waals surface area contributed by atoms with Gasteiger partial charge in [0.25, 0.3) is 11.6 Å². The highest BCUT2D eigenvalue weighted by atomic mass is 19.4. The molecular formula is C14H18F4N6. The Morgan fingerprint density at radius 2 is 1.83 bits per heavy atom. The van der Waals surface area contributed by atoms with Crippen LogP contribution in [0, 0.1) is 6.92 Å². The van der Waals surface area contributed by atoms with Crippen LogP contribution in [0.1, 0.15) is 17.9 Å². The summed E-state index contributed by atoms with van der Waals surface area (Å²) in [6.07, 6.45) is -4.11. The largest absolute Gasteiger partial charge is 0.453 e. The van der Waals surface area contributed by atoms with Crippen molar-refractivity contribution in [2.75, 3.05) is 44.3 Å². The van der Waals surface area contributed by atoms with Crippen molar-refractivity contribution in [2.45, 2.75) is 19.5 Å². The third kappa shape index (κ3) is 3.42. The SMILES string of the molecule is Cc1cc(N2CCN(CCCF)CC2)n2nc(C(F)(F)F)nc2n1. The third-order valence-electron chi connectivity index (χ3n) is 3.98.